The van der Waals surface area contributed by atoms with Crippen molar-refractivity contribution in [1.29, 1.82) is 0 Å². The van der Waals surface area contributed by atoms with Crippen molar-refractivity contribution in [3.8, 4) is 0 Å². The van der Waals surface area contributed by atoms with E-state index in [0.29, 0.717) is 57.7 Å². The van der Waals surface area contributed by atoms with Gasteiger partial charge < -0.3 is 15.3 Å². The molecule has 0 unspecified atom stereocenters. The van der Waals surface area contributed by atoms with Crippen LogP contribution in [0.15, 0.2) is 52.5 Å². The maximum Gasteiger partial charge on any atom is 0.261 e. The summed E-state index contributed by atoms with van der Waals surface area (Å²) in [7, 11) is 0. The van der Waals surface area contributed by atoms with Crippen molar-refractivity contribution in [1.82, 2.24) is 14.5 Å². The molecule has 4 fully saturated rings. The van der Waals surface area contributed by atoms with Crippen LogP contribution in [0.3, 0.4) is 0 Å². The lowest BCUT2D eigenvalue weighted by molar-refractivity contribution is -0.108. The fourth-order valence-electron chi connectivity index (χ4n) is 7.07. The molecule has 3 aliphatic carbocycles. The molecule has 3 aromatic rings. The molecule has 9 heteroatoms. The minimum atomic E-state index is -0.345. The molecular formula is C31H37Cl2N5O2. The standard InChI is InChI=1S/C31H37Cl2N5O2/c1-18-25-12-20(31(25,2)3)13-27(18)36-30(37-11-9-23(39)16-37)35-22-6-7-24-28(15-22)34-17-38(29(24)40)10-8-19-4-5-21(32)14-26(19)33/h4-7,14-15,17-18,20,23,25,27,39H,8-13,16H2,1-3H3,(H,35,36)/t18-,20-,23-,25+,27-/m0/s1. The Morgan fingerprint density at radius 3 is 2.73 bits per heavy atom. The molecule has 2 heterocycles. The van der Waals surface area contributed by atoms with E-state index in [0.717, 1.165) is 42.5 Å². The molecule has 1 aromatic heterocycles. The zero-order valence-electron chi connectivity index (χ0n) is 23.3. The van der Waals surface area contributed by atoms with Crippen molar-refractivity contribution in [2.75, 3.05) is 18.4 Å². The van der Waals surface area contributed by atoms with Crippen LogP contribution in [0, 0.1) is 23.2 Å². The van der Waals surface area contributed by atoms with E-state index < -0.39 is 0 Å². The molecule has 0 amide bonds. The van der Waals surface area contributed by atoms with Crippen molar-refractivity contribution in [3.05, 3.63) is 68.7 Å². The summed E-state index contributed by atoms with van der Waals surface area (Å²) >= 11 is 12.3. The minimum Gasteiger partial charge on any atom is -0.391 e. The molecular weight excluding hydrogens is 545 g/mol. The maximum atomic E-state index is 13.2. The molecule has 1 saturated heterocycles. The number of hydrogen-bond donors (Lipinski definition) is 2. The summed E-state index contributed by atoms with van der Waals surface area (Å²) in [6.07, 6.45) is 5.00. The highest BCUT2D eigenvalue weighted by atomic mass is 35.5. The monoisotopic (exact) mass is 581 g/mol. The number of nitrogens with one attached hydrogen (secondary N) is 1. The Bertz CT molecular complexity index is 1520. The van der Waals surface area contributed by atoms with E-state index in [-0.39, 0.29) is 17.7 Å². The fourth-order valence-corrected chi connectivity index (χ4v) is 7.57. The molecule has 0 radical (unpaired) electrons. The molecule has 5 atom stereocenters. The fraction of sp³-hybridized carbons (Fsp3) is 0.516. The van der Waals surface area contributed by atoms with Crippen molar-refractivity contribution >= 4 is 45.8 Å². The third-order valence-corrected chi connectivity index (χ3v) is 10.4. The molecule has 2 N–H and O–H groups in total. The SMILES string of the molecule is C[C@@H]1[C@@H](/N=C(/Nc2ccc3c(=O)n(CCc4ccc(Cl)cc4Cl)cnc3c2)N2CC[C@H](O)C2)C[C@@H]2C[C@H]1C2(C)C. The van der Waals surface area contributed by atoms with Crippen molar-refractivity contribution in [3.63, 3.8) is 0 Å². The first-order valence-corrected chi connectivity index (χ1v) is 15.1. The van der Waals surface area contributed by atoms with Gasteiger partial charge in [-0.1, -0.05) is 50.0 Å². The molecule has 212 valence electrons. The van der Waals surface area contributed by atoms with Gasteiger partial charge in [0.2, 0.25) is 0 Å². The number of hydrogen-bond acceptors (Lipinski definition) is 4. The number of likely N-dealkylation sites (tertiary alicyclic amines) is 1. The number of aryl methyl sites for hydroxylation is 2. The van der Waals surface area contributed by atoms with Crippen LogP contribution in [0.1, 0.15) is 45.6 Å². The van der Waals surface area contributed by atoms with Gasteiger partial charge in [-0.25, -0.2) is 9.98 Å². The topological polar surface area (TPSA) is 82.8 Å². The van der Waals surface area contributed by atoms with Gasteiger partial charge in [0.1, 0.15) is 0 Å². The minimum absolute atomic E-state index is 0.0870. The second kappa shape index (κ2) is 10.7. The van der Waals surface area contributed by atoms with Gasteiger partial charge in [0.05, 0.1) is 29.4 Å². The van der Waals surface area contributed by atoms with E-state index in [1.54, 1.807) is 23.0 Å². The maximum absolute atomic E-state index is 13.2. The van der Waals surface area contributed by atoms with Crippen LogP contribution in [-0.2, 0) is 13.0 Å². The summed E-state index contributed by atoms with van der Waals surface area (Å²) in [5.41, 5.74) is 2.71. The molecule has 3 saturated carbocycles. The first-order valence-electron chi connectivity index (χ1n) is 14.3. The Kier molecular flexibility index (Phi) is 7.34. The molecule has 4 aliphatic rings. The largest absolute Gasteiger partial charge is 0.391 e. The van der Waals surface area contributed by atoms with Crippen molar-refractivity contribution in [2.45, 2.75) is 65.1 Å². The normalized spacial score (nSPS) is 27.6. The number of halogens is 2. The van der Waals surface area contributed by atoms with Crippen LogP contribution >= 0.6 is 23.2 Å². The van der Waals surface area contributed by atoms with Crippen molar-refractivity contribution < 1.29 is 5.11 Å². The number of aliphatic hydroxyl groups is 1. The second-order valence-corrected chi connectivity index (χ2v) is 13.3. The Morgan fingerprint density at radius 1 is 1.20 bits per heavy atom. The average Bonchev–Trinajstić information content (AvgIpc) is 3.35. The summed E-state index contributed by atoms with van der Waals surface area (Å²) < 4.78 is 1.62. The van der Waals surface area contributed by atoms with Crippen LogP contribution in [0.25, 0.3) is 10.9 Å². The van der Waals surface area contributed by atoms with E-state index in [4.69, 9.17) is 28.2 Å². The number of anilines is 1. The predicted molar refractivity (Wildman–Crippen MR) is 162 cm³/mol. The number of β-amino-alcohol motifs (C(OH)–C–C–N with tert-alkyl or cyclic N) is 1. The molecule has 7 rings (SSSR count). The molecule has 2 aromatic carbocycles. The lowest BCUT2D eigenvalue weighted by atomic mass is 9.45. The van der Waals surface area contributed by atoms with Gasteiger partial charge in [0, 0.05) is 35.4 Å². The van der Waals surface area contributed by atoms with Gasteiger partial charge in [-0.3, -0.25) is 9.36 Å². The third-order valence-electron chi connectivity index (χ3n) is 9.78. The van der Waals surface area contributed by atoms with E-state index >= 15 is 0 Å². The smallest absolute Gasteiger partial charge is 0.261 e. The van der Waals surface area contributed by atoms with E-state index in [1.165, 1.54) is 6.42 Å². The number of aliphatic hydroxyl groups excluding tert-OH is 1. The third kappa shape index (κ3) is 5.12. The van der Waals surface area contributed by atoms with Crippen LogP contribution in [-0.4, -0.2) is 50.8 Å². The van der Waals surface area contributed by atoms with Crippen LogP contribution in [0.4, 0.5) is 5.69 Å². The highest BCUT2D eigenvalue weighted by Crippen LogP contribution is 2.61. The highest BCUT2D eigenvalue weighted by Gasteiger charge is 2.56. The number of rotatable bonds is 5. The first kappa shape index (κ1) is 27.6. The number of nitrogens with zero attached hydrogens (tertiary/aromatic N) is 4. The first-order chi connectivity index (χ1) is 19.1. The number of benzene rings is 2. The zero-order chi connectivity index (χ0) is 28.2. The second-order valence-electron chi connectivity index (χ2n) is 12.4. The number of aliphatic imine (C=N–C) groups is 1. The van der Waals surface area contributed by atoms with Crippen LogP contribution < -0.4 is 10.9 Å². The van der Waals surface area contributed by atoms with Gasteiger partial charge in [0.25, 0.3) is 5.56 Å². The Morgan fingerprint density at radius 2 is 2.02 bits per heavy atom. The Balaban J connectivity index is 1.23. The summed E-state index contributed by atoms with van der Waals surface area (Å²) in [5.74, 6) is 2.74. The van der Waals surface area contributed by atoms with Gasteiger partial charge in [0.15, 0.2) is 5.96 Å². The van der Waals surface area contributed by atoms with E-state index in [1.807, 2.05) is 24.3 Å². The molecule has 1 aliphatic heterocycles. The van der Waals surface area contributed by atoms with Gasteiger partial charge in [-0.15, -0.1) is 0 Å². The van der Waals surface area contributed by atoms with E-state index in [9.17, 15) is 9.90 Å². The van der Waals surface area contributed by atoms with Gasteiger partial charge >= 0.3 is 0 Å². The van der Waals surface area contributed by atoms with Gasteiger partial charge in [-0.2, -0.15) is 0 Å². The Hall–Kier alpha value is -2.61. The number of aromatic nitrogens is 2. The molecule has 7 nitrogen and oxygen atoms in total. The average molecular weight is 583 g/mol. The molecule has 40 heavy (non-hydrogen) atoms. The summed E-state index contributed by atoms with van der Waals surface area (Å²) in [4.78, 5) is 25.3. The molecule has 2 bridgehead atoms. The number of guanidine groups is 1. The van der Waals surface area contributed by atoms with Crippen molar-refractivity contribution in [2.24, 2.45) is 28.2 Å². The van der Waals surface area contributed by atoms with Crippen LogP contribution in [0.5, 0.6) is 0 Å². The number of fused-ring (bicyclic) bond motifs is 3. The summed E-state index contributed by atoms with van der Waals surface area (Å²) in [6.45, 7) is 8.95. The quantitative estimate of drug-likeness (QED) is 0.291. The van der Waals surface area contributed by atoms with E-state index in [2.05, 4.69) is 36.0 Å². The Labute approximate surface area is 245 Å². The lowest BCUT2D eigenvalue weighted by Crippen LogP contribution is -2.56. The molecule has 0 spiro atoms. The summed E-state index contributed by atoms with van der Waals surface area (Å²) in [5, 5.41) is 15.5. The van der Waals surface area contributed by atoms with Crippen LogP contribution in [0.2, 0.25) is 10.0 Å². The highest BCUT2D eigenvalue weighted by molar-refractivity contribution is 6.35. The zero-order valence-corrected chi connectivity index (χ0v) is 24.8. The lowest BCUT2D eigenvalue weighted by Gasteiger charge is -2.61. The summed E-state index contributed by atoms with van der Waals surface area (Å²) in [6, 6.07) is 11.3. The predicted octanol–water partition coefficient (Wildman–Crippen LogP) is 5.85. The van der Waals surface area contributed by atoms with Gasteiger partial charge in [-0.05, 0) is 84.7 Å².